The Morgan fingerprint density at radius 2 is 1.30 bits per heavy atom. The summed E-state index contributed by atoms with van der Waals surface area (Å²) in [5.41, 5.74) is 0. The molecule has 235 valence electrons. The molecule has 0 fully saturated rings. The second-order valence-corrected chi connectivity index (χ2v) is 11.1. The predicted molar refractivity (Wildman–Crippen MR) is 169 cm³/mol. The molecule has 0 aliphatic heterocycles. The van der Waals surface area contributed by atoms with Crippen molar-refractivity contribution in [3.8, 4) is 0 Å². The van der Waals surface area contributed by atoms with Crippen molar-refractivity contribution < 1.29 is 24.1 Å². The quantitative estimate of drug-likeness (QED) is 0.0406. The third-order valence-corrected chi connectivity index (χ3v) is 7.32. The Kier molecular flexibility index (Phi) is 29.9. The molecule has 2 unspecified atom stereocenters. The van der Waals surface area contributed by atoms with E-state index in [4.69, 9.17) is 14.2 Å². The lowest BCUT2D eigenvalue weighted by Crippen LogP contribution is -2.22. The number of aliphatic hydroxyl groups excluding tert-OH is 1. The molecular formula is C35H65O5. The van der Waals surface area contributed by atoms with Crippen molar-refractivity contribution in [1.29, 1.82) is 0 Å². The van der Waals surface area contributed by atoms with Gasteiger partial charge in [-0.1, -0.05) is 103 Å². The fourth-order valence-electron chi connectivity index (χ4n) is 4.74. The van der Waals surface area contributed by atoms with Gasteiger partial charge in [-0.25, -0.2) is 0 Å². The lowest BCUT2D eigenvalue weighted by Gasteiger charge is -2.20. The summed E-state index contributed by atoms with van der Waals surface area (Å²) in [5, 5.41) is 9.83. The van der Waals surface area contributed by atoms with E-state index in [1.807, 2.05) is 0 Å². The number of allylic oxidation sites excluding steroid dienone is 4. The summed E-state index contributed by atoms with van der Waals surface area (Å²) < 4.78 is 17.6. The van der Waals surface area contributed by atoms with E-state index in [0.717, 1.165) is 76.5 Å². The number of carbonyl (C=O) groups is 1. The molecule has 0 amide bonds. The Morgan fingerprint density at radius 3 is 1.85 bits per heavy atom. The van der Waals surface area contributed by atoms with E-state index in [1.165, 1.54) is 38.5 Å². The van der Waals surface area contributed by atoms with Crippen molar-refractivity contribution >= 4 is 5.97 Å². The van der Waals surface area contributed by atoms with Crippen LogP contribution >= 0.6 is 0 Å². The smallest absolute Gasteiger partial charge is 0.305 e. The van der Waals surface area contributed by atoms with Crippen LogP contribution in [0.15, 0.2) is 24.3 Å². The molecule has 2 atom stereocenters. The van der Waals surface area contributed by atoms with Crippen molar-refractivity contribution in [3.63, 3.8) is 0 Å². The number of rotatable bonds is 30. The lowest BCUT2D eigenvalue weighted by molar-refractivity contribution is -0.160. The molecule has 5 nitrogen and oxygen atoms in total. The molecule has 0 spiro atoms. The summed E-state index contributed by atoms with van der Waals surface area (Å²) in [4.78, 5) is 12.5. The van der Waals surface area contributed by atoms with Crippen LogP contribution in [-0.4, -0.2) is 43.8 Å². The summed E-state index contributed by atoms with van der Waals surface area (Å²) in [6, 6.07) is 0. The second kappa shape index (κ2) is 30.8. The minimum atomic E-state index is -0.378. The van der Waals surface area contributed by atoms with Gasteiger partial charge in [-0.3, -0.25) is 4.79 Å². The summed E-state index contributed by atoms with van der Waals surface area (Å²) in [7, 11) is 0. The number of hydrogen-bond acceptors (Lipinski definition) is 5. The van der Waals surface area contributed by atoms with E-state index >= 15 is 0 Å². The van der Waals surface area contributed by atoms with Crippen LogP contribution in [0.2, 0.25) is 0 Å². The zero-order valence-corrected chi connectivity index (χ0v) is 26.6. The first-order valence-electron chi connectivity index (χ1n) is 16.7. The summed E-state index contributed by atoms with van der Waals surface area (Å²) in [6.45, 7) is 12.1. The molecule has 40 heavy (non-hydrogen) atoms. The first-order chi connectivity index (χ1) is 19.6. The van der Waals surface area contributed by atoms with E-state index < -0.39 is 0 Å². The average Bonchev–Trinajstić information content (AvgIpc) is 2.97. The zero-order chi connectivity index (χ0) is 29.5. The third kappa shape index (κ3) is 25.8. The van der Waals surface area contributed by atoms with Crippen LogP contribution in [0.25, 0.3) is 0 Å². The summed E-state index contributed by atoms with van der Waals surface area (Å²) in [6.07, 6.45) is 28.1. The standard InChI is InChI=1S/C35H65O5/c1-5-9-13-15-17-19-28-38-35(39-29-20-18-16-14-10-6-2)27-26-34(37)40-31-33(30-36)25-21-24-32(22-11-7-3)23-12-8-4/h9-10,13-14,32-33,35-36H,3,5-8,11-12,15-31H2,1-2,4H3/b13-9-,14-10-. The van der Waals surface area contributed by atoms with E-state index in [1.54, 1.807) is 0 Å². The van der Waals surface area contributed by atoms with Crippen LogP contribution < -0.4 is 0 Å². The Morgan fingerprint density at radius 1 is 0.725 bits per heavy atom. The molecule has 0 heterocycles. The maximum Gasteiger partial charge on any atom is 0.305 e. The molecule has 0 rings (SSSR count). The number of hydrogen-bond donors (Lipinski definition) is 1. The topological polar surface area (TPSA) is 65.0 Å². The van der Waals surface area contributed by atoms with Gasteiger partial charge in [0.25, 0.3) is 0 Å². The molecule has 1 radical (unpaired) electrons. The Balaban J connectivity index is 4.43. The average molecular weight is 566 g/mol. The molecule has 1 N–H and O–H groups in total. The van der Waals surface area contributed by atoms with E-state index in [-0.39, 0.29) is 37.8 Å². The highest BCUT2D eigenvalue weighted by Crippen LogP contribution is 2.23. The first-order valence-corrected chi connectivity index (χ1v) is 16.7. The van der Waals surface area contributed by atoms with Gasteiger partial charge in [-0.2, -0.15) is 0 Å². The SMILES string of the molecule is [CH2]CCCC(CCCC)CCCC(CO)COC(=O)CCC(OCCCC/C=C\CC)OCCCC/C=C\CC. The van der Waals surface area contributed by atoms with Crippen LogP contribution in [0.4, 0.5) is 0 Å². The number of unbranched alkanes of at least 4 members (excludes halogenated alkanes) is 6. The minimum absolute atomic E-state index is 0.00966. The van der Waals surface area contributed by atoms with Crippen molar-refractivity contribution in [2.45, 2.75) is 149 Å². The zero-order valence-electron chi connectivity index (χ0n) is 26.6. The Bertz CT molecular complexity index is 556. The molecule has 0 bridgehead atoms. The minimum Gasteiger partial charge on any atom is -0.465 e. The molecule has 0 saturated carbocycles. The predicted octanol–water partition coefficient (Wildman–Crippen LogP) is 9.53. The molecule has 0 aliphatic carbocycles. The van der Waals surface area contributed by atoms with Crippen molar-refractivity contribution in [3.05, 3.63) is 31.2 Å². The van der Waals surface area contributed by atoms with Crippen LogP contribution in [-0.2, 0) is 19.0 Å². The molecule has 0 aliphatic rings. The van der Waals surface area contributed by atoms with E-state index in [2.05, 4.69) is 52.0 Å². The highest BCUT2D eigenvalue weighted by molar-refractivity contribution is 5.69. The fraction of sp³-hybridized carbons (Fsp3) is 0.829. The number of carbonyl (C=O) groups excluding carboxylic acids is 1. The molecule has 0 aromatic rings. The number of esters is 1. The number of aliphatic hydroxyl groups is 1. The van der Waals surface area contributed by atoms with Gasteiger partial charge >= 0.3 is 5.97 Å². The van der Waals surface area contributed by atoms with E-state index in [0.29, 0.717) is 19.6 Å². The van der Waals surface area contributed by atoms with Gasteiger partial charge in [0.1, 0.15) is 0 Å². The van der Waals surface area contributed by atoms with Gasteiger partial charge in [-0.05, 0) is 63.7 Å². The van der Waals surface area contributed by atoms with Crippen LogP contribution in [0.3, 0.4) is 0 Å². The third-order valence-electron chi connectivity index (χ3n) is 7.32. The highest BCUT2D eigenvalue weighted by atomic mass is 16.7. The largest absolute Gasteiger partial charge is 0.465 e. The molecule has 0 saturated heterocycles. The molecule has 0 aromatic heterocycles. The summed E-state index contributed by atoms with van der Waals surface area (Å²) >= 11 is 0. The van der Waals surface area contributed by atoms with Gasteiger partial charge in [0.15, 0.2) is 6.29 Å². The van der Waals surface area contributed by atoms with Gasteiger partial charge < -0.3 is 19.3 Å². The molecular weight excluding hydrogens is 500 g/mol. The maximum atomic E-state index is 12.5. The number of ether oxygens (including phenoxy) is 3. The van der Waals surface area contributed by atoms with E-state index in [9.17, 15) is 9.90 Å². The summed E-state index contributed by atoms with van der Waals surface area (Å²) in [5.74, 6) is 0.526. The Hall–Kier alpha value is -1.17. The Labute approximate surface area is 248 Å². The van der Waals surface area contributed by atoms with Crippen molar-refractivity contribution in [2.75, 3.05) is 26.4 Å². The van der Waals surface area contributed by atoms with Crippen LogP contribution in [0.1, 0.15) is 143 Å². The van der Waals surface area contributed by atoms with Crippen LogP contribution in [0.5, 0.6) is 0 Å². The van der Waals surface area contributed by atoms with Crippen LogP contribution in [0, 0.1) is 18.8 Å². The fourth-order valence-corrected chi connectivity index (χ4v) is 4.74. The van der Waals surface area contributed by atoms with Gasteiger partial charge in [0.05, 0.1) is 13.0 Å². The lowest BCUT2D eigenvalue weighted by atomic mass is 9.89. The van der Waals surface area contributed by atoms with Gasteiger partial charge in [0, 0.05) is 32.2 Å². The normalized spacial score (nSPS) is 12.9. The first kappa shape index (κ1) is 38.8. The highest BCUT2D eigenvalue weighted by Gasteiger charge is 2.16. The molecule has 0 aromatic carbocycles. The maximum absolute atomic E-state index is 12.5. The molecule has 5 heteroatoms. The second-order valence-electron chi connectivity index (χ2n) is 11.1. The van der Waals surface area contributed by atoms with Gasteiger partial charge in [-0.15, -0.1) is 0 Å². The van der Waals surface area contributed by atoms with Crippen molar-refractivity contribution in [1.82, 2.24) is 0 Å². The monoisotopic (exact) mass is 565 g/mol. The van der Waals surface area contributed by atoms with Gasteiger partial charge in [0.2, 0.25) is 0 Å². The van der Waals surface area contributed by atoms with Crippen molar-refractivity contribution in [2.24, 2.45) is 11.8 Å².